The second-order valence-electron chi connectivity index (χ2n) is 11.5. The van der Waals surface area contributed by atoms with Crippen molar-refractivity contribution >= 4 is 0 Å². The molecule has 1 aromatic carbocycles. The van der Waals surface area contributed by atoms with Crippen molar-refractivity contribution in [1.82, 2.24) is 4.98 Å². The summed E-state index contributed by atoms with van der Waals surface area (Å²) in [5.74, 6) is 1.51. The fourth-order valence-corrected chi connectivity index (χ4v) is 5.31. The van der Waals surface area contributed by atoms with Gasteiger partial charge in [0.25, 0.3) is 0 Å². The number of nitrogens with zero attached hydrogens (tertiary/aromatic N) is 1. The molecular weight excluding hydrogens is 482 g/mol. The minimum absolute atomic E-state index is 0.0802. The van der Waals surface area contributed by atoms with E-state index in [-0.39, 0.29) is 6.29 Å². The third-order valence-corrected chi connectivity index (χ3v) is 7.91. The first-order chi connectivity index (χ1) is 19.3. The van der Waals surface area contributed by atoms with Crippen LogP contribution in [0.5, 0.6) is 5.75 Å². The Hall–Kier alpha value is -1.91. The molecular formula is C35H55NO3. The Morgan fingerprint density at radius 2 is 1.31 bits per heavy atom. The van der Waals surface area contributed by atoms with Crippen molar-refractivity contribution in [3.8, 4) is 17.0 Å². The van der Waals surface area contributed by atoms with E-state index < -0.39 is 0 Å². The molecule has 3 rings (SSSR count). The van der Waals surface area contributed by atoms with Gasteiger partial charge in [-0.25, -0.2) is 0 Å². The second-order valence-corrected chi connectivity index (χ2v) is 11.5. The van der Waals surface area contributed by atoms with E-state index in [9.17, 15) is 0 Å². The van der Waals surface area contributed by atoms with Gasteiger partial charge in [-0.3, -0.25) is 4.98 Å². The van der Waals surface area contributed by atoms with Crippen LogP contribution in [0.25, 0.3) is 11.3 Å². The number of unbranched alkanes of at least 4 members (excludes halogenated alkanes) is 12. The van der Waals surface area contributed by atoms with Crippen molar-refractivity contribution in [2.75, 3.05) is 19.8 Å². The summed E-state index contributed by atoms with van der Waals surface area (Å²) < 4.78 is 18.0. The van der Waals surface area contributed by atoms with Crippen molar-refractivity contribution in [3.63, 3.8) is 0 Å². The first kappa shape index (κ1) is 31.6. The summed E-state index contributed by atoms with van der Waals surface area (Å²) in [5, 5.41) is 0. The van der Waals surface area contributed by atoms with Gasteiger partial charge in [-0.15, -0.1) is 0 Å². The highest BCUT2D eigenvalue weighted by molar-refractivity contribution is 5.60. The van der Waals surface area contributed by atoms with E-state index in [1.54, 1.807) is 0 Å². The van der Waals surface area contributed by atoms with E-state index in [4.69, 9.17) is 19.2 Å². The molecule has 0 unspecified atom stereocenters. The molecule has 0 aliphatic carbocycles. The largest absolute Gasteiger partial charge is 0.494 e. The molecule has 4 heteroatoms. The zero-order chi connectivity index (χ0) is 27.4. The number of aryl methyl sites for hydroxylation is 1. The minimum Gasteiger partial charge on any atom is -0.494 e. The van der Waals surface area contributed by atoms with Crippen LogP contribution >= 0.6 is 0 Å². The van der Waals surface area contributed by atoms with Gasteiger partial charge >= 0.3 is 0 Å². The maximum absolute atomic E-state index is 6.04. The molecule has 0 spiro atoms. The Morgan fingerprint density at radius 3 is 1.92 bits per heavy atom. The van der Waals surface area contributed by atoms with Crippen LogP contribution in [0, 0.1) is 5.92 Å². The SMILES string of the molecule is CCCCCCCCCC[C@H]1CO[C@H](CCc2ccc(-c3ccc(OCCCCCCCC)cc3)nc2)OC1. The molecule has 2 aromatic rings. The van der Waals surface area contributed by atoms with Gasteiger partial charge < -0.3 is 14.2 Å². The van der Waals surface area contributed by atoms with Gasteiger partial charge in [-0.1, -0.05) is 103 Å². The smallest absolute Gasteiger partial charge is 0.157 e. The number of aromatic nitrogens is 1. The average molecular weight is 538 g/mol. The fraction of sp³-hybridized carbons (Fsp3) is 0.686. The van der Waals surface area contributed by atoms with Crippen molar-refractivity contribution in [2.24, 2.45) is 5.92 Å². The Kier molecular flexibility index (Phi) is 16.2. The van der Waals surface area contributed by atoms with Crippen LogP contribution in [0.1, 0.15) is 122 Å². The molecule has 39 heavy (non-hydrogen) atoms. The van der Waals surface area contributed by atoms with Crippen LogP contribution in [-0.4, -0.2) is 31.1 Å². The van der Waals surface area contributed by atoms with Crippen LogP contribution in [-0.2, 0) is 15.9 Å². The van der Waals surface area contributed by atoms with Gasteiger partial charge in [-0.05, 0) is 55.2 Å². The Morgan fingerprint density at radius 1 is 0.692 bits per heavy atom. The van der Waals surface area contributed by atoms with E-state index in [1.165, 1.54) is 95.5 Å². The molecule has 0 radical (unpaired) electrons. The van der Waals surface area contributed by atoms with E-state index in [0.29, 0.717) is 5.92 Å². The number of pyridine rings is 1. The summed E-state index contributed by atoms with van der Waals surface area (Å²) in [7, 11) is 0. The summed E-state index contributed by atoms with van der Waals surface area (Å²) >= 11 is 0. The van der Waals surface area contributed by atoms with E-state index in [0.717, 1.165) is 56.1 Å². The molecule has 1 aromatic heterocycles. The first-order valence-electron chi connectivity index (χ1n) is 16.2. The number of rotatable bonds is 21. The third kappa shape index (κ3) is 13.3. The van der Waals surface area contributed by atoms with Crippen LogP contribution in [0.15, 0.2) is 42.6 Å². The summed E-state index contributed by atoms with van der Waals surface area (Å²) in [5.41, 5.74) is 3.34. The van der Waals surface area contributed by atoms with Crippen LogP contribution < -0.4 is 4.74 Å². The first-order valence-corrected chi connectivity index (χ1v) is 16.2. The lowest BCUT2D eigenvalue weighted by Crippen LogP contribution is -2.32. The van der Waals surface area contributed by atoms with Crippen LogP contribution in [0.4, 0.5) is 0 Å². The molecule has 1 aliphatic rings. The number of hydrogen-bond donors (Lipinski definition) is 0. The zero-order valence-electron chi connectivity index (χ0n) is 25.0. The summed E-state index contributed by atoms with van der Waals surface area (Å²) in [6, 6.07) is 12.6. The molecule has 0 bridgehead atoms. The van der Waals surface area contributed by atoms with E-state index in [2.05, 4.69) is 50.2 Å². The number of benzene rings is 1. The van der Waals surface area contributed by atoms with Gasteiger partial charge in [0.2, 0.25) is 0 Å². The van der Waals surface area contributed by atoms with Gasteiger partial charge in [0.05, 0.1) is 25.5 Å². The Labute approximate surface area is 239 Å². The van der Waals surface area contributed by atoms with Gasteiger partial charge in [0, 0.05) is 24.1 Å². The lowest BCUT2D eigenvalue weighted by Gasteiger charge is -2.29. The van der Waals surface area contributed by atoms with Crippen LogP contribution in [0.2, 0.25) is 0 Å². The van der Waals surface area contributed by atoms with Crippen molar-refractivity contribution in [3.05, 3.63) is 48.2 Å². The quantitative estimate of drug-likeness (QED) is 0.149. The monoisotopic (exact) mass is 537 g/mol. The molecule has 0 saturated carbocycles. The standard InChI is InChI=1S/C35H55NO3/c1-3-5-7-9-11-12-13-15-17-31-28-38-35(39-29-31)25-19-30-18-24-34(36-27-30)32-20-22-33(23-21-32)37-26-16-14-10-8-6-4-2/h18,20-24,27,31,35H,3-17,19,25-26,28-29H2,1-2H3/t31-,35-. The second kappa shape index (κ2) is 20.0. The molecule has 1 saturated heterocycles. The highest BCUT2D eigenvalue weighted by Gasteiger charge is 2.21. The van der Waals surface area contributed by atoms with Gasteiger partial charge in [-0.2, -0.15) is 0 Å². The zero-order valence-corrected chi connectivity index (χ0v) is 25.0. The maximum atomic E-state index is 6.04. The van der Waals surface area contributed by atoms with Crippen molar-refractivity contribution in [2.45, 2.75) is 129 Å². The summed E-state index contributed by atoms with van der Waals surface area (Å²) in [4.78, 5) is 4.71. The molecule has 0 amide bonds. The third-order valence-electron chi connectivity index (χ3n) is 7.91. The molecule has 218 valence electrons. The highest BCUT2D eigenvalue weighted by atomic mass is 16.7. The number of ether oxygens (including phenoxy) is 3. The van der Waals surface area contributed by atoms with Crippen molar-refractivity contribution in [1.29, 1.82) is 0 Å². The normalized spacial score (nSPS) is 17.4. The number of hydrogen-bond acceptors (Lipinski definition) is 4. The predicted molar refractivity (Wildman–Crippen MR) is 163 cm³/mol. The molecule has 1 fully saturated rings. The summed E-state index contributed by atoms with van der Waals surface area (Å²) in [6.45, 7) is 7.02. The van der Waals surface area contributed by atoms with E-state index in [1.807, 2.05) is 6.20 Å². The molecule has 4 nitrogen and oxygen atoms in total. The lowest BCUT2D eigenvalue weighted by atomic mass is 10.0. The molecule has 0 N–H and O–H groups in total. The lowest BCUT2D eigenvalue weighted by molar-refractivity contribution is -0.203. The maximum Gasteiger partial charge on any atom is 0.157 e. The fourth-order valence-electron chi connectivity index (χ4n) is 5.31. The van der Waals surface area contributed by atoms with Gasteiger partial charge in [0.15, 0.2) is 6.29 Å². The molecule has 1 aliphatic heterocycles. The predicted octanol–water partition coefficient (Wildman–Crippen LogP) is 9.94. The molecule has 2 heterocycles. The summed E-state index contributed by atoms with van der Waals surface area (Å²) in [6.07, 6.45) is 23.6. The topological polar surface area (TPSA) is 40.6 Å². The Balaban J connectivity index is 1.26. The average Bonchev–Trinajstić information content (AvgIpc) is 2.98. The van der Waals surface area contributed by atoms with E-state index >= 15 is 0 Å². The minimum atomic E-state index is -0.0802. The Bertz CT molecular complexity index is 843. The van der Waals surface area contributed by atoms with Crippen LogP contribution in [0.3, 0.4) is 0 Å². The van der Waals surface area contributed by atoms with Crippen molar-refractivity contribution < 1.29 is 14.2 Å². The highest BCUT2D eigenvalue weighted by Crippen LogP contribution is 2.23. The molecule has 0 atom stereocenters. The van der Waals surface area contributed by atoms with Gasteiger partial charge in [0.1, 0.15) is 5.75 Å².